The summed E-state index contributed by atoms with van der Waals surface area (Å²) >= 11 is 0. The van der Waals surface area contributed by atoms with Crippen molar-refractivity contribution in [1.82, 2.24) is 0 Å². The number of nitrogens with zero attached hydrogens (tertiary/aromatic N) is 1. The predicted molar refractivity (Wildman–Crippen MR) is 238 cm³/mol. The highest BCUT2D eigenvalue weighted by molar-refractivity contribution is 5.72. The summed E-state index contributed by atoms with van der Waals surface area (Å²) in [6, 6.07) is -0.617. The standard InChI is InChI=1S/C49H87NO7/c1-6-8-10-12-14-16-18-20-22-23-24-25-26-28-30-32-34-36-38-40-48(52)57-45(43-55-42-41-46(49(53)54)50(3,4)5)44-56-47(51)39-37-35-33-31-29-27-21-19-17-15-13-11-9-7-2/h8,10,14,16,20,22,24-25,45-46H,6-7,9,11-13,15,17-19,21,23,26-44H2,1-5H3/p+1/b10-8+,16-14+,22-20+,25-24+. The van der Waals surface area contributed by atoms with E-state index in [0.29, 0.717) is 19.3 Å². The Bertz CT molecular complexity index is 1070. The number of likely N-dealkylation sites (N-methyl/N-ethyl adjacent to an activating group) is 1. The maximum atomic E-state index is 12.7. The second kappa shape index (κ2) is 40.1. The van der Waals surface area contributed by atoms with Gasteiger partial charge < -0.3 is 23.8 Å². The lowest BCUT2D eigenvalue weighted by molar-refractivity contribution is -0.887. The highest BCUT2D eigenvalue weighted by Gasteiger charge is 2.31. The lowest BCUT2D eigenvalue weighted by Crippen LogP contribution is -2.50. The van der Waals surface area contributed by atoms with Gasteiger partial charge in [0.2, 0.25) is 0 Å². The number of hydrogen-bond donors (Lipinski definition) is 1. The van der Waals surface area contributed by atoms with Gasteiger partial charge in [0.25, 0.3) is 0 Å². The Balaban J connectivity index is 4.33. The molecule has 0 amide bonds. The van der Waals surface area contributed by atoms with Crippen LogP contribution in [0.2, 0.25) is 0 Å². The van der Waals surface area contributed by atoms with E-state index in [2.05, 4.69) is 62.5 Å². The molecule has 330 valence electrons. The molecule has 0 aromatic heterocycles. The van der Waals surface area contributed by atoms with Gasteiger partial charge >= 0.3 is 17.9 Å². The summed E-state index contributed by atoms with van der Waals surface area (Å²) in [5.41, 5.74) is 0. The van der Waals surface area contributed by atoms with Gasteiger partial charge in [0.05, 0.1) is 34.4 Å². The lowest BCUT2D eigenvalue weighted by atomic mass is 10.0. The molecule has 0 saturated carbocycles. The van der Waals surface area contributed by atoms with Crippen LogP contribution in [0.4, 0.5) is 0 Å². The third kappa shape index (κ3) is 38.6. The van der Waals surface area contributed by atoms with E-state index in [9.17, 15) is 19.5 Å². The zero-order chi connectivity index (χ0) is 42.1. The second-order valence-corrected chi connectivity index (χ2v) is 16.6. The molecule has 0 aromatic rings. The molecule has 0 bridgehead atoms. The SMILES string of the molecule is CC/C=C/C/C=C/C/C=C/C/C=C/CCCCCCCCC(=O)OC(COCCC(C(=O)O)[N+](C)(C)C)COC(=O)CCCCCCCCCCCCCCCC. The Morgan fingerprint density at radius 3 is 1.46 bits per heavy atom. The Morgan fingerprint density at radius 1 is 0.544 bits per heavy atom. The zero-order valence-electron chi connectivity index (χ0n) is 37.5. The molecule has 0 saturated heterocycles. The normalized spacial score (nSPS) is 13.4. The van der Waals surface area contributed by atoms with E-state index in [1.54, 1.807) is 0 Å². The number of unbranched alkanes of at least 4 members (excludes halogenated alkanes) is 19. The van der Waals surface area contributed by atoms with E-state index in [1.165, 1.54) is 83.5 Å². The van der Waals surface area contributed by atoms with Crippen molar-refractivity contribution < 1.29 is 38.2 Å². The fourth-order valence-corrected chi connectivity index (χ4v) is 6.67. The van der Waals surface area contributed by atoms with Gasteiger partial charge in [0, 0.05) is 19.3 Å². The number of rotatable bonds is 41. The van der Waals surface area contributed by atoms with Crippen molar-refractivity contribution in [2.45, 2.75) is 206 Å². The number of carboxylic acids is 1. The van der Waals surface area contributed by atoms with Crippen LogP contribution in [0.25, 0.3) is 0 Å². The average molecular weight is 803 g/mol. The van der Waals surface area contributed by atoms with Crippen molar-refractivity contribution in [1.29, 1.82) is 0 Å². The highest BCUT2D eigenvalue weighted by Crippen LogP contribution is 2.15. The maximum absolute atomic E-state index is 12.7. The summed E-state index contributed by atoms with van der Waals surface area (Å²) in [6.07, 6.45) is 47.2. The topological polar surface area (TPSA) is 99.1 Å². The molecule has 0 aliphatic rings. The van der Waals surface area contributed by atoms with E-state index < -0.39 is 18.1 Å². The van der Waals surface area contributed by atoms with E-state index in [-0.39, 0.29) is 36.2 Å². The van der Waals surface area contributed by atoms with E-state index >= 15 is 0 Å². The third-order valence-electron chi connectivity index (χ3n) is 10.2. The molecule has 2 unspecified atom stereocenters. The minimum absolute atomic E-state index is 0.0554. The van der Waals surface area contributed by atoms with Gasteiger partial charge in [-0.25, -0.2) is 4.79 Å². The van der Waals surface area contributed by atoms with Gasteiger partial charge in [-0.3, -0.25) is 9.59 Å². The fraction of sp³-hybridized carbons (Fsp3) is 0.776. The largest absolute Gasteiger partial charge is 0.477 e. The first kappa shape index (κ1) is 54.3. The molecule has 0 aliphatic carbocycles. The predicted octanol–water partition coefficient (Wildman–Crippen LogP) is 12.8. The van der Waals surface area contributed by atoms with Crippen LogP contribution in [0, 0.1) is 0 Å². The van der Waals surface area contributed by atoms with Crippen LogP contribution in [0.15, 0.2) is 48.6 Å². The first-order valence-electron chi connectivity index (χ1n) is 23.2. The first-order chi connectivity index (χ1) is 27.6. The van der Waals surface area contributed by atoms with E-state index in [1.807, 2.05) is 21.1 Å². The van der Waals surface area contributed by atoms with Crippen LogP contribution in [0.1, 0.15) is 194 Å². The molecular formula is C49H88NO7+. The van der Waals surface area contributed by atoms with Crippen molar-refractivity contribution >= 4 is 17.9 Å². The summed E-state index contributed by atoms with van der Waals surface area (Å²) < 4.78 is 17.3. The molecule has 8 heteroatoms. The minimum atomic E-state index is -0.877. The third-order valence-corrected chi connectivity index (χ3v) is 10.2. The van der Waals surface area contributed by atoms with Crippen molar-refractivity contribution in [3.63, 3.8) is 0 Å². The van der Waals surface area contributed by atoms with Gasteiger partial charge in [0.15, 0.2) is 12.1 Å². The number of allylic oxidation sites excluding steroid dienone is 8. The summed E-state index contributed by atoms with van der Waals surface area (Å²) in [7, 11) is 5.52. The summed E-state index contributed by atoms with van der Waals surface area (Å²) in [6.45, 7) is 4.62. The Morgan fingerprint density at radius 2 is 0.982 bits per heavy atom. The molecule has 1 N–H and O–H groups in total. The number of carbonyl (C=O) groups excluding carboxylic acids is 2. The molecule has 0 spiro atoms. The van der Waals surface area contributed by atoms with Crippen LogP contribution in [0.3, 0.4) is 0 Å². The van der Waals surface area contributed by atoms with Crippen LogP contribution in [-0.4, -0.2) is 80.6 Å². The fourth-order valence-electron chi connectivity index (χ4n) is 6.67. The van der Waals surface area contributed by atoms with E-state index in [4.69, 9.17) is 14.2 Å². The number of hydrogen-bond acceptors (Lipinski definition) is 6. The van der Waals surface area contributed by atoms with Crippen molar-refractivity contribution in [2.75, 3.05) is 41.0 Å². The van der Waals surface area contributed by atoms with Crippen molar-refractivity contribution in [3.05, 3.63) is 48.6 Å². The van der Waals surface area contributed by atoms with Gasteiger partial charge in [-0.2, -0.15) is 0 Å². The van der Waals surface area contributed by atoms with Gasteiger partial charge in [-0.1, -0.05) is 172 Å². The molecule has 0 radical (unpaired) electrons. The van der Waals surface area contributed by atoms with Crippen LogP contribution in [0.5, 0.6) is 0 Å². The molecule has 0 aromatic carbocycles. The quantitative estimate of drug-likeness (QED) is 0.0284. The molecule has 0 rings (SSSR count). The average Bonchev–Trinajstić information content (AvgIpc) is 3.17. The number of carbonyl (C=O) groups is 3. The molecule has 2 atom stereocenters. The molecule has 8 nitrogen and oxygen atoms in total. The molecule has 0 aliphatic heterocycles. The van der Waals surface area contributed by atoms with Crippen LogP contribution in [-0.2, 0) is 28.6 Å². The summed E-state index contributed by atoms with van der Waals surface area (Å²) in [5.74, 6) is -1.48. The van der Waals surface area contributed by atoms with Gasteiger partial charge in [0.1, 0.15) is 6.61 Å². The van der Waals surface area contributed by atoms with Crippen LogP contribution < -0.4 is 0 Å². The Hall–Kier alpha value is -2.71. The Kier molecular flexibility index (Phi) is 38.2. The number of aliphatic carboxylic acids is 1. The van der Waals surface area contributed by atoms with E-state index in [0.717, 1.165) is 77.0 Å². The molecule has 0 heterocycles. The van der Waals surface area contributed by atoms with Gasteiger partial charge in [-0.15, -0.1) is 0 Å². The first-order valence-corrected chi connectivity index (χ1v) is 23.2. The monoisotopic (exact) mass is 803 g/mol. The number of quaternary nitrogens is 1. The van der Waals surface area contributed by atoms with Gasteiger partial charge in [-0.05, 0) is 51.4 Å². The Labute approximate surface area is 350 Å². The van der Waals surface area contributed by atoms with Crippen molar-refractivity contribution in [3.8, 4) is 0 Å². The smallest absolute Gasteiger partial charge is 0.362 e. The molecule has 57 heavy (non-hydrogen) atoms. The van der Waals surface area contributed by atoms with Crippen molar-refractivity contribution in [2.24, 2.45) is 0 Å². The minimum Gasteiger partial charge on any atom is -0.477 e. The summed E-state index contributed by atoms with van der Waals surface area (Å²) in [5, 5.41) is 9.63. The summed E-state index contributed by atoms with van der Waals surface area (Å²) in [4.78, 5) is 37.0. The zero-order valence-corrected chi connectivity index (χ0v) is 37.5. The highest BCUT2D eigenvalue weighted by atomic mass is 16.6. The number of carboxylic acid groups (broad SMARTS) is 1. The lowest BCUT2D eigenvalue weighted by Gasteiger charge is -2.31. The maximum Gasteiger partial charge on any atom is 0.362 e. The molecular weight excluding hydrogens is 715 g/mol. The van der Waals surface area contributed by atoms with Crippen LogP contribution >= 0.6 is 0 Å². The number of esters is 2. The second-order valence-electron chi connectivity index (χ2n) is 16.6. The number of ether oxygens (including phenoxy) is 3. The molecule has 0 fully saturated rings.